The molecule has 2 aromatic heterocycles. The summed E-state index contributed by atoms with van der Waals surface area (Å²) < 4.78 is 17.8. The van der Waals surface area contributed by atoms with Crippen molar-refractivity contribution in [3.05, 3.63) is 30.0 Å². The van der Waals surface area contributed by atoms with Crippen LogP contribution in [0.15, 0.2) is 22.9 Å². The largest absolute Gasteiger partial charge is 0.337 e. The molecular weight excluding hydrogens is 235 g/mol. The summed E-state index contributed by atoms with van der Waals surface area (Å²) in [7, 11) is 0. The molecule has 0 aliphatic rings. The molecule has 96 valence electrons. The zero-order valence-electron chi connectivity index (χ0n) is 10.4. The second kappa shape index (κ2) is 5.68. The van der Waals surface area contributed by atoms with Crippen molar-refractivity contribution in [3.63, 3.8) is 0 Å². The van der Waals surface area contributed by atoms with Crippen LogP contribution in [-0.4, -0.2) is 21.2 Å². The van der Waals surface area contributed by atoms with Gasteiger partial charge in [0.05, 0.1) is 12.7 Å². The molecular formula is C12H15FN4O. The molecule has 5 nitrogen and oxygen atoms in total. The molecule has 2 rings (SSSR count). The van der Waals surface area contributed by atoms with Gasteiger partial charge < -0.3 is 9.84 Å². The molecule has 1 N–H and O–H groups in total. The van der Waals surface area contributed by atoms with E-state index >= 15 is 0 Å². The fourth-order valence-corrected chi connectivity index (χ4v) is 1.34. The third kappa shape index (κ3) is 3.10. The molecule has 0 saturated heterocycles. The summed E-state index contributed by atoms with van der Waals surface area (Å²) in [5.41, 5.74) is 0.495. The van der Waals surface area contributed by atoms with Crippen molar-refractivity contribution in [2.75, 3.05) is 0 Å². The standard InChI is InChI=1S/C12H15FN4O/c1-3-8(2)14-7-11-16-12(17-18-11)10-5-4-9(13)6-15-10/h4-6,8,14H,3,7H2,1-2H3. The van der Waals surface area contributed by atoms with Gasteiger partial charge in [-0.15, -0.1) is 0 Å². The smallest absolute Gasteiger partial charge is 0.240 e. The molecule has 0 aromatic carbocycles. The van der Waals surface area contributed by atoms with Gasteiger partial charge in [0.15, 0.2) is 0 Å². The first-order chi connectivity index (χ1) is 8.69. The van der Waals surface area contributed by atoms with Gasteiger partial charge in [0.2, 0.25) is 11.7 Å². The van der Waals surface area contributed by atoms with E-state index in [-0.39, 0.29) is 5.82 Å². The molecule has 0 saturated carbocycles. The lowest BCUT2D eigenvalue weighted by Gasteiger charge is -2.07. The quantitative estimate of drug-likeness (QED) is 0.881. The predicted octanol–water partition coefficient (Wildman–Crippen LogP) is 2.16. The third-order valence-electron chi connectivity index (χ3n) is 2.64. The van der Waals surface area contributed by atoms with Crippen LogP contribution in [0.3, 0.4) is 0 Å². The average Bonchev–Trinajstić information content (AvgIpc) is 2.85. The van der Waals surface area contributed by atoms with Gasteiger partial charge in [0.1, 0.15) is 11.5 Å². The highest BCUT2D eigenvalue weighted by atomic mass is 19.1. The van der Waals surface area contributed by atoms with Gasteiger partial charge in [-0.1, -0.05) is 12.1 Å². The molecule has 0 spiro atoms. The Balaban J connectivity index is 2.03. The van der Waals surface area contributed by atoms with Crippen molar-refractivity contribution in [1.29, 1.82) is 0 Å². The van der Waals surface area contributed by atoms with Crippen LogP contribution in [-0.2, 0) is 6.54 Å². The highest BCUT2D eigenvalue weighted by molar-refractivity contribution is 5.47. The number of hydrogen-bond donors (Lipinski definition) is 1. The molecule has 0 radical (unpaired) electrons. The Morgan fingerprint density at radius 1 is 1.44 bits per heavy atom. The van der Waals surface area contributed by atoms with Crippen LogP contribution in [0.25, 0.3) is 11.5 Å². The Labute approximate surface area is 104 Å². The van der Waals surface area contributed by atoms with Crippen LogP contribution in [0.2, 0.25) is 0 Å². The van der Waals surface area contributed by atoms with Crippen molar-refractivity contribution in [1.82, 2.24) is 20.4 Å². The minimum Gasteiger partial charge on any atom is -0.337 e. The Hall–Kier alpha value is -1.82. The summed E-state index contributed by atoms with van der Waals surface area (Å²) in [4.78, 5) is 8.08. The van der Waals surface area contributed by atoms with E-state index < -0.39 is 0 Å². The van der Waals surface area contributed by atoms with Gasteiger partial charge in [0, 0.05) is 6.04 Å². The average molecular weight is 250 g/mol. The number of aromatic nitrogens is 3. The fraction of sp³-hybridized carbons (Fsp3) is 0.417. The number of pyridine rings is 1. The molecule has 0 bridgehead atoms. The maximum absolute atomic E-state index is 12.7. The van der Waals surface area contributed by atoms with Gasteiger partial charge in [-0.2, -0.15) is 4.98 Å². The highest BCUT2D eigenvalue weighted by Crippen LogP contribution is 2.12. The summed E-state index contributed by atoms with van der Waals surface area (Å²) in [6.45, 7) is 4.70. The second-order valence-electron chi connectivity index (χ2n) is 4.06. The molecule has 0 fully saturated rings. The van der Waals surface area contributed by atoms with Crippen LogP contribution < -0.4 is 5.32 Å². The molecule has 1 unspecified atom stereocenters. The molecule has 2 heterocycles. The van der Waals surface area contributed by atoms with Gasteiger partial charge in [-0.05, 0) is 25.5 Å². The first-order valence-corrected chi connectivity index (χ1v) is 5.87. The minimum atomic E-state index is -0.388. The molecule has 6 heteroatoms. The number of rotatable bonds is 5. The fourth-order valence-electron chi connectivity index (χ4n) is 1.34. The molecule has 1 atom stereocenters. The number of nitrogens with one attached hydrogen (secondary N) is 1. The Morgan fingerprint density at radius 2 is 2.28 bits per heavy atom. The van der Waals surface area contributed by atoms with E-state index in [1.807, 2.05) is 0 Å². The van der Waals surface area contributed by atoms with Crippen molar-refractivity contribution < 1.29 is 8.91 Å². The normalized spacial score (nSPS) is 12.6. The van der Waals surface area contributed by atoms with Crippen LogP contribution in [0, 0.1) is 5.82 Å². The zero-order chi connectivity index (χ0) is 13.0. The first-order valence-electron chi connectivity index (χ1n) is 5.87. The summed E-state index contributed by atoms with van der Waals surface area (Å²) in [6.07, 6.45) is 2.16. The van der Waals surface area contributed by atoms with Gasteiger partial charge >= 0.3 is 0 Å². The number of halogens is 1. The van der Waals surface area contributed by atoms with Crippen molar-refractivity contribution >= 4 is 0 Å². The Morgan fingerprint density at radius 3 is 2.94 bits per heavy atom. The highest BCUT2D eigenvalue weighted by Gasteiger charge is 2.10. The van der Waals surface area contributed by atoms with Crippen molar-refractivity contribution in [3.8, 4) is 11.5 Å². The lowest BCUT2D eigenvalue weighted by Crippen LogP contribution is -2.24. The second-order valence-corrected chi connectivity index (χ2v) is 4.06. The molecule has 0 aliphatic carbocycles. The topological polar surface area (TPSA) is 63.8 Å². The van der Waals surface area contributed by atoms with Crippen LogP contribution in [0.4, 0.5) is 4.39 Å². The van der Waals surface area contributed by atoms with Crippen LogP contribution in [0.1, 0.15) is 26.2 Å². The number of hydrogen-bond acceptors (Lipinski definition) is 5. The summed E-state index contributed by atoms with van der Waals surface area (Å²) >= 11 is 0. The van der Waals surface area contributed by atoms with Crippen LogP contribution in [0.5, 0.6) is 0 Å². The SMILES string of the molecule is CCC(C)NCc1nc(-c2ccc(F)cn2)no1. The van der Waals surface area contributed by atoms with Gasteiger partial charge in [0.25, 0.3) is 0 Å². The maximum Gasteiger partial charge on any atom is 0.240 e. The monoisotopic (exact) mass is 250 g/mol. The van der Waals surface area contributed by atoms with Gasteiger partial charge in [-0.3, -0.25) is 0 Å². The van der Waals surface area contributed by atoms with E-state index in [0.29, 0.717) is 30.0 Å². The molecule has 2 aromatic rings. The van der Waals surface area contributed by atoms with Crippen molar-refractivity contribution in [2.45, 2.75) is 32.9 Å². The maximum atomic E-state index is 12.7. The third-order valence-corrected chi connectivity index (χ3v) is 2.64. The molecule has 0 amide bonds. The lowest BCUT2D eigenvalue weighted by molar-refractivity contribution is 0.358. The lowest BCUT2D eigenvalue weighted by atomic mass is 10.3. The minimum absolute atomic E-state index is 0.371. The summed E-state index contributed by atoms with van der Waals surface area (Å²) in [5, 5.41) is 7.05. The Bertz CT molecular complexity index is 497. The van der Waals surface area contributed by atoms with E-state index in [4.69, 9.17) is 4.52 Å². The van der Waals surface area contributed by atoms with Crippen molar-refractivity contribution in [2.24, 2.45) is 0 Å². The summed E-state index contributed by atoms with van der Waals surface area (Å²) in [6, 6.07) is 3.23. The van der Waals surface area contributed by atoms with Gasteiger partial charge in [-0.25, -0.2) is 9.37 Å². The molecule has 18 heavy (non-hydrogen) atoms. The molecule has 0 aliphatic heterocycles. The summed E-state index contributed by atoms with van der Waals surface area (Å²) in [5.74, 6) is 0.480. The van der Waals surface area contributed by atoms with E-state index in [1.165, 1.54) is 12.1 Å². The van der Waals surface area contributed by atoms with E-state index in [0.717, 1.165) is 12.6 Å². The van der Waals surface area contributed by atoms with E-state index in [9.17, 15) is 4.39 Å². The number of nitrogens with zero attached hydrogens (tertiary/aromatic N) is 3. The van der Waals surface area contributed by atoms with E-state index in [1.54, 1.807) is 0 Å². The first kappa shape index (κ1) is 12.6. The Kier molecular flexibility index (Phi) is 3.99. The zero-order valence-corrected chi connectivity index (χ0v) is 10.4. The van der Waals surface area contributed by atoms with Crippen LogP contribution >= 0.6 is 0 Å². The van der Waals surface area contributed by atoms with E-state index in [2.05, 4.69) is 34.3 Å². The predicted molar refractivity (Wildman–Crippen MR) is 64.1 cm³/mol.